The van der Waals surface area contributed by atoms with Gasteiger partial charge in [0.1, 0.15) is 0 Å². The van der Waals surface area contributed by atoms with E-state index in [0.717, 1.165) is 17.7 Å². The summed E-state index contributed by atoms with van der Waals surface area (Å²) in [7, 11) is 1.31. The van der Waals surface area contributed by atoms with Gasteiger partial charge in [0.25, 0.3) is 0 Å². The monoisotopic (exact) mass is 220 g/mol. The first-order chi connectivity index (χ1) is 7.67. The molecule has 0 saturated carbocycles. The van der Waals surface area contributed by atoms with Crippen molar-refractivity contribution in [3.8, 4) is 0 Å². The van der Waals surface area contributed by atoms with Crippen LogP contribution in [0.4, 0.5) is 4.79 Å². The Balaban J connectivity index is 2.81. The Morgan fingerprint density at radius 1 is 1.38 bits per heavy atom. The molecule has 0 atom stereocenters. The van der Waals surface area contributed by atoms with E-state index in [0.29, 0.717) is 0 Å². The van der Waals surface area contributed by atoms with Gasteiger partial charge < -0.3 is 4.74 Å². The third-order valence-electron chi connectivity index (χ3n) is 2.19. The zero-order valence-corrected chi connectivity index (χ0v) is 9.78. The highest BCUT2D eigenvalue weighted by molar-refractivity contribution is 6.00. The molecule has 0 heterocycles. The molecule has 1 aromatic carbocycles. The largest absolute Gasteiger partial charge is 0.452 e. The highest BCUT2D eigenvalue weighted by Crippen LogP contribution is 2.06. The van der Waals surface area contributed by atoms with Gasteiger partial charge in [0.15, 0.2) is 0 Å². The number of benzene rings is 1. The van der Waals surface area contributed by atoms with E-state index in [1.165, 1.54) is 12.7 Å². The van der Waals surface area contributed by atoms with E-state index in [-0.39, 0.29) is 0 Å². The molecule has 0 aliphatic heterocycles. The number of ether oxygens (including phenoxy) is 1. The number of hydrogen-bond acceptors (Lipinski definition) is 3. The number of carbonyl (C=O) groups excluding carboxylic acids is 1. The summed E-state index contributed by atoms with van der Waals surface area (Å²) in [6.07, 6.45) is 0.186. The Morgan fingerprint density at radius 3 is 2.50 bits per heavy atom. The van der Waals surface area contributed by atoms with E-state index in [1.54, 1.807) is 0 Å². The van der Waals surface area contributed by atoms with Gasteiger partial charge in [-0.25, -0.2) is 10.2 Å². The number of carbonyl (C=O) groups is 1. The summed E-state index contributed by atoms with van der Waals surface area (Å²) >= 11 is 0. The molecule has 0 aromatic heterocycles. The normalized spacial score (nSPS) is 11.1. The van der Waals surface area contributed by atoms with Crippen LogP contribution in [0.3, 0.4) is 0 Å². The Kier molecular flexibility index (Phi) is 4.51. The van der Waals surface area contributed by atoms with E-state index in [1.807, 2.05) is 38.1 Å². The lowest BCUT2D eigenvalue weighted by atomic mass is 10.1. The zero-order valence-electron chi connectivity index (χ0n) is 9.78. The molecule has 0 bridgehead atoms. The van der Waals surface area contributed by atoms with E-state index in [9.17, 15) is 4.79 Å². The van der Waals surface area contributed by atoms with Crippen LogP contribution >= 0.6 is 0 Å². The van der Waals surface area contributed by atoms with Crippen LogP contribution in [0.1, 0.15) is 24.5 Å². The number of hydrogen-bond donors (Lipinski definition) is 1. The smallest absolute Gasteiger partial charge is 0.427 e. The molecule has 1 N–H and O–H groups in total. The van der Waals surface area contributed by atoms with Crippen LogP contribution in [-0.4, -0.2) is 18.9 Å². The van der Waals surface area contributed by atoms with Gasteiger partial charge in [-0.1, -0.05) is 36.8 Å². The molecule has 1 amide bonds. The lowest BCUT2D eigenvalue weighted by Crippen LogP contribution is -2.19. The fraction of sp³-hybridized carbons (Fsp3) is 0.333. The van der Waals surface area contributed by atoms with Crippen LogP contribution < -0.4 is 5.43 Å². The van der Waals surface area contributed by atoms with Gasteiger partial charge >= 0.3 is 6.09 Å². The molecule has 4 nitrogen and oxygen atoms in total. The fourth-order valence-electron chi connectivity index (χ4n) is 1.25. The van der Waals surface area contributed by atoms with Crippen molar-refractivity contribution < 1.29 is 9.53 Å². The van der Waals surface area contributed by atoms with Crippen LogP contribution in [0.2, 0.25) is 0 Å². The molecule has 0 spiro atoms. The van der Waals surface area contributed by atoms with Crippen LogP contribution in [0.15, 0.2) is 29.4 Å². The van der Waals surface area contributed by atoms with Gasteiger partial charge in [-0.3, -0.25) is 0 Å². The highest BCUT2D eigenvalue weighted by atomic mass is 16.5. The zero-order chi connectivity index (χ0) is 12.0. The summed E-state index contributed by atoms with van der Waals surface area (Å²) in [4.78, 5) is 10.9. The second-order valence-corrected chi connectivity index (χ2v) is 3.38. The molecule has 16 heavy (non-hydrogen) atoms. The molecular formula is C12H16N2O2. The highest BCUT2D eigenvalue weighted by Gasteiger charge is 2.02. The predicted molar refractivity (Wildman–Crippen MR) is 63.5 cm³/mol. The topological polar surface area (TPSA) is 50.7 Å². The van der Waals surface area contributed by atoms with E-state index < -0.39 is 6.09 Å². The average molecular weight is 220 g/mol. The van der Waals surface area contributed by atoms with E-state index in [2.05, 4.69) is 15.3 Å². The SMILES string of the molecule is CC/C(=N/NC(=O)OC)c1ccc(C)cc1. The molecule has 1 aromatic rings. The summed E-state index contributed by atoms with van der Waals surface area (Å²) in [6, 6.07) is 7.99. The lowest BCUT2D eigenvalue weighted by Gasteiger charge is -2.04. The van der Waals surface area contributed by atoms with Crippen LogP contribution in [0.25, 0.3) is 0 Å². The van der Waals surface area contributed by atoms with E-state index in [4.69, 9.17) is 0 Å². The maximum Gasteiger partial charge on any atom is 0.427 e. The minimum atomic E-state index is -0.557. The van der Waals surface area contributed by atoms with Crippen molar-refractivity contribution in [2.24, 2.45) is 5.10 Å². The van der Waals surface area contributed by atoms with Gasteiger partial charge in [-0.2, -0.15) is 5.10 Å². The standard InChI is InChI=1S/C12H16N2O2/c1-4-11(13-14-12(15)16-3)10-7-5-9(2)6-8-10/h5-8H,4H2,1-3H3,(H,14,15)/b13-11-. The summed E-state index contributed by atoms with van der Waals surface area (Å²) in [5.74, 6) is 0. The number of amides is 1. The van der Waals surface area contributed by atoms with Gasteiger partial charge in [-0.15, -0.1) is 0 Å². The third kappa shape index (κ3) is 3.38. The molecule has 0 aliphatic carbocycles. The van der Waals surface area contributed by atoms with Crippen molar-refractivity contribution in [1.82, 2.24) is 5.43 Å². The summed E-state index contributed by atoms with van der Waals surface area (Å²) in [5, 5.41) is 4.00. The van der Waals surface area contributed by atoms with Crippen LogP contribution in [0.5, 0.6) is 0 Å². The van der Waals surface area contributed by atoms with Crippen LogP contribution in [-0.2, 0) is 4.74 Å². The first kappa shape index (κ1) is 12.2. The molecule has 0 fully saturated rings. The summed E-state index contributed by atoms with van der Waals surface area (Å²) < 4.78 is 4.44. The van der Waals surface area contributed by atoms with Crippen molar-refractivity contribution in [3.05, 3.63) is 35.4 Å². The lowest BCUT2D eigenvalue weighted by molar-refractivity contribution is 0.171. The summed E-state index contributed by atoms with van der Waals surface area (Å²) in [6.45, 7) is 4.01. The molecule has 4 heteroatoms. The maximum atomic E-state index is 10.9. The second kappa shape index (κ2) is 5.90. The van der Waals surface area contributed by atoms with Crippen molar-refractivity contribution in [2.45, 2.75) is 20.3 Å². The Labute approximate surface area is 95.3 Å². The van der Waals surface area contributed by atoms with Crippen molar-refractivity contribution in [3.63, 3.8) is 0 Å². The molecule has 86 valence electrons. The Hall–Kier alpha value is -1.84. The van der Waals surface area contributed by atoms with Crippen LogP contribution in [0, 0.1) is 6.92 Å². The second-order valence-electron chi connectivity index (χ2n) is 3.38. The average Bonchev–Trinajstić information content (AvgIpc) is 2.31. The fourth-order valence-corrected chi connectivity index (χ4v) is 1.25. The van der Waals surface area contributed by atoms with Gasteiger partial charge in [0.05, 0.1) is 12.8 Å². The number of nitrogens with one attached hydrogen (secondary N) is 1. The number of aryl methyl sites for hydroxylation is 1. The Morgan fingerprint density at radius 2 is 2.00 bits per heavy atom. The molecule has 0 aliphatic rings. The third-order valence-corrected chi connectivity index (χ3v) is 2.19. The maximum absolute atomic E-state index is 10.9. The minimum Gasteiger partial charge on any atom is -0.452 e. The number of rotatable bonds is 3. The molecule has 0 radical (unpaired) electrons. The quantitative estimate of drug-likeness (QED) is 0.628. The summed E-state index contributed by atoms with van der Waals surface area (Å²) in [5.41, 5.74) is 5.35. The van der Waals surface area contributed by atoms with Gasteiger partial charge in [-0.05, 0) is 18.9 Å². The predicted octanol–water partition coefficient (Wildman–Crippen LogP) is 2.47. The van der Waals surface area contributed by atoms with E-state index >= 15 is 0 Å². The van der Waals surface area contributed by atoms with Gasteiger partial charge in [0, 0.05) is 0 Å². The molecular weight excluding hydrogens is 204 g/mol. The number of hydrazone groups is 1. The van der Waals surface area contributed by atoms with Crippen molar-refractivity contribution >= 4 is 11.8 Å². The van der Waals surface area contributed by atoms with Gasteiger partial charge in [0.2, 0.25) is 0 Å². The first-order valence-corrected chi connectivity index (χ1v) is 5.15. The molecule has 0 unspecified atom stereocenters. The molecule has 0 saturated heterocycles. The van der Waals surface area contributed by atoms with Crippen molar-refractivity contribution in [2.75, 3.05) is 7.11 Å². The number of nitrogens with zero attached hydrogens (tertiary/aromatic N) is 1. The minimum absolute atomic E-state index is 0.557. The number of methoxy groups -OCH3 is 1. The Bertz CT molecular complexity index is 383. The van der Waals surface area contributed by atoms with Crippen molar-refractivity contribution in [1.29, 1.82) is 0 Å². The molecule has 1 rings (SSSR count). The first-order valence-electron chi connectivity index (χ1n) is 5.15.